The number of carbonyl (C=O) groups excluding carboxylic acids is 1. The van der Waals surface area contributed by atoms with E-state index in [1.54, 1.807) is 42.6 Å². The fourth-order valence-electron chi connectivity index (χ4n) is 2.42. The van der Waals surface area contributed by atoms with Gasteiger partial charge >= 0.3 is 0 Å². The first kappa shape index (κ1) is 16.8. The summed E-state index contributed by atoms with van der Waals surface area (Å²) < 4.78 is 36.8. The van der Waals surface area contributed by atoms with Gasteiger partial charge in [0.15, 0.2) is 21.3 Å². The Labute approximate surface area is 144 Å². The summed E-state index contributed by atoms with van der Waals surface area (Å²) in [4.78, 5) is 11.6. The van der Waals surface area contributed by atoms with E-state index in [0.29, 0.717) is 23.5 Å². The van der Waals surface area contributed by atoms with Gasteiger partial charge in [0.2, 0.25) is 12.7 Å². The summed E-state index contributed by atoms with van der Waals surface area (Å²) in [6, 6.07) is 8.31. The van der Waals surface area contributed by atoms with Crippen LogP contribution in [0.4, 0.5) is 0 Å². The summed E-state index contributed by atoms with van der Waals surface area (Å²) in [5.74, 6) is 0.909. The molecule has 0 radical (unpaired) electrons. The Morgan fingerprint density at radius 3 is 2.79 bits per heavy atom. The first-order valence-electron chi connectivity index (χ1n) is 7.46. The molecule has 8 heteroatoms. The number of nitrogens with one attached hydrogen (secondary N) is 1. The second-order valence-electron chi connectivity index (χ2n) is 5.24. The molecule has 2 aromatic rings. The van der Waals surface area contributed by atoms with Crippen LogP contribution in [0.1, 0.15) is 24.2 Å². The van der Waals surface area contributed by atoms with Crippen LogP contribution < -0.4 is 14.8 Å². The third-order valence-corrected chi connectivity index (χ3v) is 7.26. The van der Waals surface area contributed by atoms with Crippen LogP contribution in [-0.4, -0.2) is 27.7 Å². The van der Waals surface area contributed by atoms with Gasteiger partial charge in [-0.15, -0.1) is 11.3 Å². The molecule has 0 fully saturated rings. The molecule has 128 valence electrons. The monoisotopic (exact) mass is 367 g/mol. The predicted octanol–water partition coefficient (Wildman–Crippen LogP) is 2.52. The topological polar surface area (TPSA) is 81.7 Å². The summed E-state index contributed by atoms with van der Waals surface area (Å²) in [7, 11) is -3.62. The van der Waals surface area contributed by atoms with Crippen LogP contribution >= 0.6 is 11.3 Å². The zero-order valence-corrected chi connectivity index (χ0v) is 14.7. The van der Waals surface area contributed by atoms with Crippen LogP contribution in [0.3, 0.4) is 0 Å². The van der Waals surface area contributed by atoms with Gasteiger partial charge in [0, 0.05) is 13.0 Å². The van der Waals surface area contributed by atoms with Crippen molar-refractivity contribution in [1.82, 2.24) is 5.32 Å². The van der Waals surface area contributed by atoms with Crippen LogP contribution in [0.15, 0.2) is 39.9 Å². The van der Waals surface area contributed by atoms with E-state index < -0.39 is 15.1 Å². The molecule has 6 nitrogen and oxygen atoms in total. The Morgan fingerprint density at radius 1 is 1.29 bits per heavy atom. The van der Waals surface area contributed by atoms with Crippen molar-refractivity contribution in [2.75, 3.05) is 13.3 Å². The number of thiophene rings is 1. The zero-order valence-electron chi connectivity index (χ0n) is 13.0. The average molecular weight is 367 g/mol. The molecule has 0 bridgehead atoms. The third kappa shape index (κ3) is 3.25. The Morgan fingerprint density at radius 2 is 2.08 bits per heavy atom. The summed E-state index contributed by atoms with van der Waals surface area (Å²) in [6.07, 6.45) is 0.299. The number of amides is 1. The first-order valence-corrected chi connectivity index (χ1v) is 9.88. The fourth-order valence-corrected chi connectivity index (χ4v) is 5.27. The van der Waals surface area contributed by atoms with Gasteiger partial charge in [-0.2, -0.15) is 0 Å². The molecule has 1 aliphatic heterocycles. The second-order valence-corrected chi connectivity index (χ2v) is 8.54. The molecule has 0 aliphatic carbocycles. The third-order valence-electron chi connectivity index (χ3n) is 3.72. The average Bonchev–Trinajstić information content (AvgIpc) is 3.25. The molecule has 0 spiro atoms. The quantitative estimate of drug-likeness (QED) is 0.848. The van der Waals surface area contributed by atoms with Crippen molar-refractivity contribution < 1.29 is 22.7 Å². The fraction of sp³-hybridized carbons (Fsp3) is 0.312. The van der Waals surface area contributed by atoms with Gasteiger partial charge in [-0.3, -0.25) is 4.79 Å². The SMILES string of the molecule is CCC(=O)NC[C@H](c1ccc2c(c1)OCO2)S(=O)(=O)c1cccs1. The molecule has 0 unspecified atom stereocenters. The smallest absolute Gasteiger partial charge is 0.231 e. The second kappa shape index (κ2) is 6.82. The van der Waals surface area contributed by atoms with Crippen LogP contribution in [0.2, 0.25) is 0 Å². The molecular formula is C16H17NO5S2. The molecule has 1 aromatic heterocycles. The summed E-state index contributed by atoms with van der Waals surface area (Å²) in [5.41, 5.74) is 0.559. The van der Waals surface area contributed by atoms with E-state index in [1.807, 2.05) is 0 Å². The summed E-state index contributed by atoms with van der Waals surface area (Å²) in [6.45, 7) is 1.85. The zero-order chi connectivity index (χ0) is 17.2. The first-order chi connectivity index (χ1) is 11.5. The minimum absolute atomic E-state index is 0.00650. The number of sulfone groups is 1. The number of hydrogen-bond donors (Lipinski definition) is 1. The van der Waals surface area contributed by atoms with Crippen molar-refractivity contribution in [2.45, 2.75) is 22.8 Å². The van der Waals surface area contributed by atoms with Crippen LogP contribution in [0.5, 0.6) is 11.5 Å². The van der Waals surface area contributed by atoms with Crippen LogP contribution in [-0.2, 0) is 14.6 Å². The van der Waals surface area contributed by atoms with Gasteiger partial charge in [0.25, 0.3) is 0 Å². The number of rotatable bonds is 6. The highest BCUT2D eigenvalue weighted by Crippen LogP contribution is 2.38. The molecule has 1 aromatic carbocycles. The number of hydrogen-bond acceptors (Lipinski definition) is 6. The maximum atomic E-state index is 13.0. The number of fused-ring (bicyclic) bond motifs is 1. The largest absolute Gasteiger partial charge is 0.454 e. The summed E-state index contributed by atoms with van der Waals surface area (Å²) >= 11 is 1.16. The lowest BCUT2D eigenvalue weighted by Crippen LogP contribution is -2.31. The number of carbonyl (C=O) groups is 1. The van der Waals surface area contributed by atoms with Crippen LogP contribution in [0.25, 0.3) is 0 Å². The lowest BCUT2D eigenvalue weighted by molar-refractivity contribution is -0.120. The number of ether oxygens (including phenoxy) is 2. The molecule has 1 aliphatic rings. The standard InChI is InChI=1S/C16H17NO5S2/c1-2-15(18)17-9-14(24(19,20)16-4-3-7-23-16)11-5-6-12-13(8-11)22-10-21-12/h3-8,14H,2,9-10H2,1H3,(H,17,18)/t14-/m1/s1. The lowest BCUT2D eigenvalue weighted by Gasteiger charge is -2.18. The van der Waals surface area contributed by atoms with Gasteiger partial charge in [0.05, 0.1) is 0 Å². The highest BCUT2D eigenvalue weighted by Gasteiger charge is 2.31. The molecule has 1 amide bonds. The molecule has 2 heterocycles. The van der Waals surface area contributed by atoms with E-state index >= 15 is 0 Å². The van der Waals surface area contributed by atoms with E-state index in [4.69, 9.17) is 9.47 Å². The minimum atomic E-state index is -3.62. The Balaban J connectivity index is 1.97. The Bertz CT molecular complexity index is 830. The Hall–Kier alpha value is -2.06. The van der Waals surface area contributed by atoms with E-state index in [1.165, 1.54) is 0 Å². The Kier molecular flexibility index (Phi) is 4.77. The van der Waals surface area contributed by atoms with Gasteiger partial charge in [-0.25, -0.2) is 8.42 Å². The van der Waals surface area contributed by atoms with Gasteiger partial charge in [0.1, 0.15) is 9.46 Å². The van der Waals surface area contributed by atoms with Crippen molar-refractivity contribution in [2.24, 2.45) is 0 Å². The van der Waals surface area contributed by atoms with Gasteiger partial charge < -0.3 is 14.8 Å². The van der Waals surface area contributed by atoms with Gasteiger partial charge in [-0.05, 0) is 29.1 Å². The van der Waals surface area contributed by atoms with Crippen molar-refractivity contribution in [1.29, 1.82) is 0 Å². The summed E-state index contributed by atoms with van der Waals surface area (Å²) in [5, 5.41) is 3.51. The number of benzene rings is 1. The molecule has 0 saturated carbocycles. The van der Waals surface area contributed by atoms with E-state index in [-0.39, 0.29) is 23.5 Å². The maximum absolute atomic E-state index is 13.0. The molecule has 3 rings (SSSR count). The van der Waals surface area contributed by atoms with E-state index in [9.17, 15) is 13.2 Å². The highest BCUT2D eigenvalue weighted by atomic mass is 32.2. The molecule has 1 N–H and O–H groups in total. The normalized spacial score (nSPS) is 14.4. The molecule has 1 atom stereocenters. The van der Waals surface area contributed by atoms with E-state index in [2.05, 4.69) is 5.32 Å². The molecule has 0 saturated heterocycles. The van der Waals surface area contributed by atoms with Crippen molar-refractivity contribution in [3.8, 4) is 11.5 Å². The molecule has 24 heavy (non-hydrogen) atoms. The van der Waals surface area contributed by atoms with Crippen molar-refractivity contribution >= 4 is 27.1 Å². The van der Waals surface area contributed by atoms with Crippen molar-refractivity contribution in [3.05, 3.63) is 41.3 Å². The minimum Gasteiger partial charge on any atom is -0.454 e. The van der Waals surface area contributed by atoms with E-state index in [0.717, 1.165) is 11.3 Å². The maximum Gasteiger partial charge on any atom is 0.231 e. The molecular weight excluding hydrogens is 350 g/mol. The van der Waals surface area contributed by atoms with Crippen molar-refractivity contribution in [3.63, 3.8) is 0 Å². The van der Waals surface area contributed by atoms with Gasteiger partial charge in [-0.1, -0.05) is 19.1 Å². The van der Waals surface area contributed by atoms with Crippen LogP contribution in [0, 0.1) is 0 Å². The highest BCUT2D eigenvalue weighted by molar-refractivity contribution is 7.93. The predicted molar refractivity (Wildman–Crippen MR) is 90.1 cm³/mol. The lowest BCUT2D eigenvalue weighted by atomic mass is 10.1.